The Morgan fingerprint density at radius 2 is 1.87 bits per heavy atom. The largest absolute Gasteiger partial charge is 0.341 e. The summed E-state index contributed by atoms with van der Waals surface area (Å²) < 4.78 is 0. The Morgan fingerprint density at radius 1 is 1.07 bits per heavy atom. The Kier molecular flexibility index (Phi) is 3.23. The fourth-order valence-electron chi connectivity index (χ4n) is 2.03. The lowest BCUT2D eigenvalue weighted by Crippen LogP contribution is -2.48. The summed E-state index contributed by atoms with van der Waals surface area (Å²) in [6.45, 7) is 2.82. The van der Waals surface area contributed by atoms with Crippen LogP contribution in [0.25, 0.3) is 0 Å². The molecule has 0 saturated carbocycles. The van der Waals surface area contributed by atoms with Crippen molar-refractivity contribution in [2.75, 3.05) is 26.2 Å². The molecule has 2 heterocycles. The van der Waals surface area contributed by atoms with E-state index in [1.54, 1.807) is 4.90 Å². The molecule has 2 saturated heterocycles. The van der Waals surface area contributed by atoms with Crippen molar-refractivity contribution in [3.8, 4) is 0 Å². The molecule has 0 spiro atoms. The van der Waals surface area contributed by atoms with E-state index in [-0.39, 0.29) is 11.8 Å². The molecule has 0 N–H and O–H groups in total. The van der Waals surface area contributed by atoms with Crippen LogP contribution in [0.4, 0.5) is 0 Å². The highest BCUT2D eigenvalue weighted by Gasteiger charge is 2.25. The first-order valence-corrected chi connectivity index (χ1v) is 5.83. The second-order valence-corrected chi connectivity index (χ2v) is 4.36. The summed E-state index contributed by atoms with van der Waals surface area (Å²) in [4.78, 5) is 26.9. The van der Waals surface area contributed by atoms with Crippen LogP contribution in [0.5, 0.6) is 0 Å². The minimum atomic E-state index is 0.122. The summed E-state index contributed by atoms with van der Waals surface area (Å²) in [5.74, 6) is 0.276. The first kappa shape index (κ1) is 10.5. The quantitative estimate of drug-likeness (QED) is 0.670. The topological polar surface area (TPSA) is 40.6 Å². The average molecular weight is 210 g/mol. The molecular formula is C11H18N2O2. The molecule has 0 aromatic carbocycles. The van der Waals surface area contributed by atoms with E-state index in [1.807, 2.05) is 4.90 Å². The van der Waals surface area contributed by atoms with Crippen LogP contribution in [0, 0.1) is 0 Å². The number of likely N-dealkylation sites (tertiary alicyclic amines) is 2. The third-order valence-corrected chi connectivity index (χ3v) is 3.21. The molecule has 2 aliphatic heterocycles. The van der Waals surface area contributed by atoms with Gasteiger partial charge in [0.05, 0.1) is 6.54 Å². The van der Waals surface area contributed by atoms with E-state index >= 15 is 0 Å². The molecule has 0 atom stereocenters. The Balaban J connectivity index is 1.85. The smallest absolute Gasteiger partial charge is 0.242 e. The minimum absolute atomic E-state index is 0.122. The van der Waals surface area contributed by atoms with Crippen LogP contribution in [0.15, 0.2) is 0 Å². The molecule has 15 heavy (non-hydrogen) atoms. The zero-order chi connectivity index (χ0) is 10.7. The number of hydrogen-bond donors (Lipinski definition) is 0. The number of carbonyl (C=O) groups excluding carboxylic acids is 2. The van der Waals surface area contributed by atoms with Crippen LogP contribution in [-0.4, -0.2) is 47.8 Å². The molecule has 2 rings (SSSR count). The van der Waals surface area contributed by atoms with E-state index < -0.39 is 0 Å². The van der Waals surface area contributed by atoms with Crippen LogP contribution in [0.2, 0.25) is 0 Å². The van der Waals surface area contributed by atoms with Crippen LogP contribution < -0.4 is 0 Å². The molecule has 0 radical (unpaired) electrons. The molecule has 0 aromatic rings. The highest BCUT2D eigenvalue weighted by Crippen LogP contribution is 2.12. The van der Waals surface area contributed by atoms with Gasteiger partial charge in [-0.15, -0.1) is 0 Å². The lowest BCUT2D eigenvalue weighted by molar-refractivity contribution is -0.142. The number of rotatable bonds is 2. The molecule has 4 heteroatoms. The van der Waals surface area contributed by atoms with Gasteiger partial charge < -0.3 is 9.80 Å². The predicted octanol–water partition coefficient (Wildman–Crippen LogP) is 0.621. The van der Waals surface area contributed by atoms with Gasteiger partial charge in [0.1, 0.15) is 0 Å². The van der Waals surface area contributed by atoms with Crippen molar-refractivity contribution in [2.45, 2.75) is 32.1 Å². The van der Waals surface area contributed by atoms with Gasteiger partial charge in [-0.2, -0.15) is 0 Å². The molecule has 0 unspecified atom stereocenters. The van der Waals surface area contributed by atoms with Gasteiger partial charge in [0.25, 0.3) is 0 Å². The summed E-state index contributed by atoms with van der Waals surface area (Å²) in [7, 11) is 0. The zero-order valence-electron chi connectivity index (χ0n) is 9.07. The van der Waals surface area contributed by atoms with Gasteiger partial charge in [0, 0.05) is 26.1 Å². The molecule has 0 aliphatic carbocycles. The van der Waals surface area contributed by atoms with E-state index in [0.29, 0.717) is 13.0 Å². The van der Waals surface area contributed by atoms with Crippen molar-refractivity contribution in [3.63, 3.8) is 0 Å². The van der Waals surface area contributed by atoms with Gasteiger partial charge in [-0.3, -0.25) is 9.59 Å². The Bertz CT molecular complexity index is 261. The molecule has 84 valence electrons. The standard InChI is InChI=1S/C11H18N2O2/c14-10-5-2-1-3-6-13(10)9-11(15)12-7-4-8-12/h1-9H2. The van der Waals surface area contributed by atoms with E-state index in [9.17, 15) is 9.59 Å². The zero-order valence-corrected chi connectivity index (χ0v) is 9.07. The van der Waals surface area contributed by atoms with Crippen molar-refractivity contribution >= 4 is 11.8 Å². The maximum atomic E-state index is 11.7. The fourth-order valence-corrected chi connectivity index (χ4v) is 2.03. The van der Waals surface area contributed by atoms with Crippen molar-refractivity contribution in [3.05, 3.63) is 0 Å². The second kappa shape index (κ2) is 4.64. The maximum absolute atomic E-state index is 11.7. The summed E-state index contributed by atoms with van der Waals surface area (Å²) >= 11 is 0. The van der Waals surface area contributed by atoms with Crippen molar-refractivity contribution < 1.29 is 9.59 Å². The lowest BCUT2D eigenvalue weighted by Gasteiger charge is -2.33. The first-order valence-electron chi connectivity index (χ1n) is 5.83. The first-order chi connectivity index (χ1) is 7.27. The van der Waals surface area contributed by atoms with Crippen LogP contribution in [-0.2, 0) is 9.59 Å². The van der Waals surface area contributed by atoms with E-state index in [1.165, 1.54) is 0 Å². The summed E-state index contributed by atoms with van der Waals surface area (Å²) in [6.07, 6.45) is 4.86. The third-order valence-electron chi connectivity index (χ3n) is 3.21. The minimum Gasteiger partial charge on any atom is -0.341 e. The van der Waals surface area contributed by atoms with Crippen molar-refractivity contribution in [2.24, 2.45) is 0 Å². The Labute approximate surface area is 90.2 Å². The van der Waals surface area contributed by atoms with Gasteiger partial charge in [-0.05, 0) is 19.3 Å². The number of hydrogen-bond acceptors (Lipinski definition) is 2. The van der Waals surface area contributed by atoms with Crippen molar-refractivity contribution in [1.82, 2.24) is 9.80 Å². The highest BCUT2D eigenvalue weighted by atomic mass is 16.2. The molecule has 0 aromatic heterocycles. The third kappa shape index (κ3) is 2.49. The monoisotopic (exact) mass is 210 g/mol. The molecular weight excluding hydrogens is 192 g/mol. The lowest BCUT2D eigenvalue weighted by atomic mass is 10.2. The van der Waals surface area contributed by atoms with E-state index in [0.717, 1.165) is 45.3 Å². The van der Waals surface area contributed by atoms with Gasteiger partial charge >= 0.3 is 0 Å². The SMILES string of the molecule is O=C(CN1CCCCCC1=O)N1CCC1. The summed E-state index contributed by atoms with van der Waals surface area (Å²) in [6, 6.07) is 0. The second-order valence-electron chi connectivity index (χ2n) is 4.36. The molecule has 0 bridgehead atoms. The molecule has 2 aliphatic rings. The van der Waals surface area contributed by atoms with E-state index in [2.05, 4.69) is 0 Å². The maximum Gasteiger partial charge on any atom is 0.242 e. The number of nitrogens with zero attached hydrogens (tertiary/aromatic N) is 2. The number of carbonyl (C=O) groups is 2. The van der Waals surface area contributed by atoms with Crippen molar-refractivity contribution in [1.29, 1.82) is 0 Å². The van der Waals surface area contributed by atoms with Gasteiger partial charge in [0.2, 0.25) is 11.8 Å². The van der Waals surface area contributed by atoms with Crippen LogP contribution in [0.3, 0.4) is 0 Å². The van der Waals surface area contributed by atoms with Gasteiger partial charge in [-0.25, -0.2) is 0 Å². The van der Waals surface area contributed by atoms with Crippen LogP contribution in [0.1, 0.15) is 32.1 Å². The predicted molar refractivity (Wildman–Crippen MR) is 56.2 cm³/mol. The van der Waals surface area contributed by atoms with Gasteiger partial charge in [-0.1, -0.05) is 6.42 Å². The Morgan fingerprint density at radius 3 is 2.53 bits per heavy atom. The molecule has 2 fully saturated rings. The summed E-state index contributed by atoms with van der Waals surface area (Å²) in [5, 5.41) is 0. The molecule has 4 nitrogen and oxygen atoms in total. The number of amides is 2. The van der Waals surface area contributed by atoms with Crippen LogP contribution >= 0.6 is 0 Å². The summed E-state index contributed by atoms with van der Waals surface area (Å²) in [5.41, 5.74) is 0. The highest BCUT2D eigenvalue weighted by molar-refractivity contribution is 5.85. The average Bonchev–Trinajstić information content (AvgIpc) is 2.29. The van der Waals surface area contributed by atoms with E-state index in [4.69, 9.17) is 0 Å². The fraction of sp³-hybridized carbons (Fsp3) is 0.818. The Hall–Kier alpha value is -1.06. The molecule has 2 amide bonds. The van der Waals surface area contributed by atoms with Gasteiger partial charge in [0.15, 0.2) is 0 Å². The normalized spacial score (nSPS) is 22.3.